The summed E-state index contributed by atoms with van der Waals surface area (Å²) in [5.74, 6) is -0.210. The lowest BCUT2D eigenvalue weighted by Crippen LogP contribution is -2.00. The van der Waals surface area contributed by atoms with Crippen LogP contribution in [-0.4, -0.2) is 0 Å². The quantitative estimate of drug-likeness (QED) is 0.423. The Labute approximate surface area is 140 Å². The lowest BCUT2D eigenvalue weighted by molar-refractivity contribution is 0.613. The molecule has 0 aliphatic carbocycles. The average Bonchev–Trinajstić information content (AvgIpc) is 2.46. The molecular formula is C18H13Br2F. The Hall–Kier alpha value is -1.19. The van der Waals surface area contributed by atoms with Crippen molar-refractivity contribution in [2.75, 3.05) is 0 Å². The molecule has 106 valence electrons. The fourth-order valence-corrected chi connectivity index (χ4v) is 3.92. The van der Waals surface area contributed by atoms with Gasteiger partial charge < -0.3 is 0 Å². The number of aryl methyl sites for hydroxylation is 1. The van der Waals surface area contributed by atoms with Gasteiger partial charge in [0.05, 0.1) is 4.83 Å². The Bertz CT molecular complexity index is 811. The summed E-state index contributed by atoms with van der Waals surface area (Å²) in [6.07, 6.45) is 0. The molecular weight excluding hydrogens is 395 g/mol. The van der Waals surface area contributed by atoms with Gasteiger partial charge in [0.15, 0.2) is 0 Å². The topological polar surface area (TPSA) is 0 Å². The van der Waals surface area contributed by atoms with Gasteiger partial charge in [0.2, 0.25) is 0 Å². The number of halogens is 3. The molecule has 0 saturated heterocycles. The zero-order valence-corrected chi connectivity index (χ0v) is 14.6. The summed E-state index contributed by atoms with van der Waals surface area (Å²) in [5, 5.41) is 2.32. The third-order valence-electron chi connectivity index (χ3n) is 3.68. The second-order valence-corrected chi connectivity index (χ2v) is 6.88. The first-order chi connectivity index (χ1) is 10.1. The molecule has 0 fully saturated rings. The van der Waals surface area contributed by atoms with Crippen LogP contribution in [0.5, 0.6) is 0 Å². The maximum Gasteiger partial charge on any atom is 0.129 e. The molecule has 21 heavy (non-hydrogen) atoms. The van der Waals surface area contributed by atoms with E-state index in [4.69, 9.17) is 0 Å². The van der Waals surface area contributed by atoms with Crippen molar-refractivity contribution in [1.29, 1.82) is 0 Å². The Morgan fingerprint density at radius 3 is 2.52 bits per heavy atom. The molecule has 0 saturated carbocycles. The van der Waals surface area contributed by atoms with Gasteiger partial charge in [-0.2, -0.15) is 0 Å². The maximum absolute atomic E-state index is 14.3. The Kier molecular flexibility index (Phi) is 4.14. The highest BCUT2D eigenvalue weighted by molar-refractivity contribution is 9.10. The van der Waals surface area contributed by atoms with Crippen LogP contribution in [0, 0.1) is 12.7 Å². The Morgan fingerprint density at radius 1 is 1.00 bits per heavy atom. The number of alkyl halides is 1. The van der Waals surface area contributed by atoms with Gasteiger partial charge in [-0.25, -0.2) is 4.39 Å². The molecule has 3 aromatic rings. The summed E-state index contributed by atoms with van der Waals surface area (Å²) in [4.78, 5) is -0.170. The molecule has 3 rings (SSSR count). The average molecular weight is 408 g/mol. The van der Waals surface area contributed by atoms with E-state index in [1.54, 1.807) is 0 Å². The van der Waals surface area contributed by atoms with Crippen LogP contribution in [-0.2, 0) is 0 Å². The molecule has 1 unspecified atom stereocenters. The standard InChI is InChI=1S/C18H13Br2F/c1-11-6-7-12-4-2-3-5-14(12)17(11)18(20)15-9-8-13(19)10-16(15)21/h2-10,18H,1H3. The lowest BCUT2D eigenvalue weighted by atomic mass is 9.94. The second kappa shape index (κ2) is 5.90. The molecule has 1 atom stereocenters. The van der Waals surface area contributed by atoms with E-state index in [2.05, 4.69) is 63.0 Å². The van der Waals surface area contributed by atoms with E-state index >= 15 is 0 Å². The fraction of sp³-hybridized carbons (Fsp3) is 0.111. The minimum Gasteiger partial charge on any atom is -0.207 e. The van der Waals surface area contributed by atoms with Crippen molar-refractivity contribution in [3.05, 3.63) is 81.6 Å². The number of rotatable bonds is 2. The van der Waals surface area contributed by atoms with Crippen LogP contribution in [0.3, 0.4) is 0 Å². The zero-order chi connectivity index (χ0) is 15.0. The van der Waals surface area contributed by atoms with Crippen molar-refractivity contribution in [1.82, 2.24) is 0 Å². The largest absolute Gasteiger partial charge is 0.207 e. The smallest absolute Gasteiger partial charge is 0.129 e. The summed E-state index contributed by atoms with van der Waals surface area (Å²) in [6.45, 7) is 2.06. The van der Waals surface area contributed by atoms with Crippen LogP contribution in [0.25, 0.3) is 10.8 Å². The van der Waals surface area contributed by atoms with Crippen LogP contribution >= 0.6 is 31.9 Å². The number of hydrogen-bond donors (Lipinski definition) is 0. The van der Waals surface area contributed by atoms with Crippen molar-refractivity contribution >= 4 is 42.6 Å². The van der Waals surface area contributed by atoms with Gasteiger partial charge in [0, 0.05) is 10.0 Å². The molecule has 0 aromatic heterocycles. The van der Waals surface area contributed by atoms with Crippen LogP contribution < -0.4 is 0 Å². The molecule has 0 bridgehead atoms. The predicted octanol–water partition coefficient (Wildman–Crippen LogP) is 6.53. The molecule has 0 heterocycles. The van der Waals surface area contributed by atoms with E-state index in [1.807, 2.05) is 24.3 Å². The first-order valence-electron chi connectivity index (χ1n) is 6.65. The summed E-state index contributed by atoms with van der Waals surface area (Å²) < 4.78 is 15.0. The highest BCUT2D eigenvalue weighted by Gasteiger charge is 2.19. The molecule has 0 aliphatic heterocycles. The predicted molar refractivity (Wildman–Crippen MR) is 93.6 cm³/mol. The Balaban J connectivity index is 2.21. The van der Waals surface area contributed by atoms with E-state index in [0.717, 1.165) is 21.0 Å². The molecule has 0 spiro atoms. The second-order valence-electron chi connectivity index (χ2n) is 5.05. The number of fused-ring (bicyclic) bond motifs is 1. The van der Waals surface area contributed by atoms with Gasteiger partial charge in [-0.05, 0) is 41.0 Å². The Morgan fingerprint density at radius 2 is 1.76 bits per heavy atom. The zero-order valence-electron chi connectivity index (χ0n) is 11.4. The first kappa shape index (κ1) is 14.7. The van der Waals surface area contributed by atoms with Crippen molar-refractivity contribution in [3.8, 4) is 0 Å². The van der Waals surface area contributed by atoms with Gasteiger partial charge in [0.25, 0.3) is 0 Å². The van der Waals surface area contributed by atoms with Gasteiger partial charge in [0.1, 0.15) is 5.82 Å². The molecule has 0 aliphatic rings. The monoisotopic (exact) mass is 406 g/mol. The van der Waals surface area contributed by atoms with Crippen LogP contribution in [0.4, 0.5) is 4.39 Å². The third-order valence-corrected chi connectivity index (χ3v) is 5.12. The van der Waals surface area contributed by atoms with E-state index in [0.29, 0.717) is 5.56 Å². The van der Waals surface area contributed by atoms with Crippen LogP contribution in [0.15, 0.2) is 59.1 Å². The van der Waals surface area contributed by atoms with Crippen molar-refractivity contribution < 1.29 is 4.39 Å². The van der Waals surface area contributed by atoms with Crippen molar-refractivity contribution in [3.63, 3.8) is 0 Å². The van der Waals surface area contributed by atoms with Crippen LogP contribution in [0.2, 0.25) is 0 Å². The SMILES string of the molecule is Cc1ccc2ccccc2c1C(Br)c1ccc(Br)cc1F. The fourth-order valence-electron chi connectivity index (χ4n) is 2.60. The van der Waals surface area contributed by atoms with Crippen LogP contribution in [0.1, 0.15) is 21.5 Å². The third kappa shape index (κ3) is 2.77. The number of hydrogen-bond acceptors (Lipinski definition) is 0. The molecule has 3 aromatic carbocycles. The molecule has 0 N–H and O–H groups in total. The normalized spacial score (nSPS) is 12.6. The summed E-state index contributed by atoms with van der Waals surface area (Å²) in [7, 11) is 0. The number of benzene rings is 3. The van der Waals surface area contributed by atoms with E-state index in [1.165, 1.54) is 11.5 Å². The molecule has 0 amide bonds. The van der Waals surface area contributed by atoms with E-state index < -0.39 is 0 Å². The highest BCUT2D eigenvalue weighted by Crippen LogP contribution is 2.39. The lowest BCUT2D eigenvalue weighted by Gasteiger charge is -2.17. The minimum absolute atomic E-state index is 0.170. The van der Waals surface area contributed by atoms with Crippen molar-refractivity contribution in [2.45, 2.75) is 11.8 Å². The maximum atomic E-state index is 14.3. The molecule has 0 nitrogen and oxygen atoms in total. The summed E-state index contributed by atoms with van der Waals surface area (Å²) >= 11 is 6.99. The molecule has 0 radical (unpaired) electrons. The first-order valence-corrected chi connectivity index (χ1v) is 8.36. The van der Waals surface area contributed by atoms with E-state index in [9.17, 15) is 4.39 Å². The summed E-state index contributed by atoms with van der Waals surface area (Å²) in [5.41, 5.74) is 2.92. The minimum atomic E-state index is -0.210. The summed E-state index contributed by atoms with van der Waals surface area (Å²) in [6, 6.07) is 17.6. The molecule has 3 heteroatoms. The van der Waals surface area contributed by atoms with Gasteiger partial charge in [-0.15, -0.1) is 0 Å². The highest BCUT2D eigenvalue weighted by atomic mass is 79.9. The van der Waals surface area contributed by atoms with Gasteiger partial charge in [-0.3, -0.25) is 0 Å². The van der Waals surface area contributed by atoms with Crippen molar-refractivity contribution in [2.24, 2.45) is 0 Å². The van der Waals surface area contributed by atoms with Gasteiger partial charge in [-0.1, -0.05) is 74.3 Å². The van der Waals surface area contributed by atoms with E-state index in [-0.39, 0.29) is 10.6 Å². The van der Waals surface area contributed by atoms with Gasteiger partial charge >= 0.3 is 0 Å².